The van der Waals surface area contributed by atoms with Crippen LogP contribution in [0.5, 0.6) is 6.01 Å². The summed E-state index contributed by atoms with van der Waals surface area (Å²) in [6, 6.07) is 5.62. The number of hydrogen-bond acceptors (Lipinski definition) is 8. The van der Waals surface area contributed by atoms with E-state index in [2.05, 4.69) is 22.5 Å². The Hall–Kier alpha value is -3.92. The number of amides is 1. The van der Waals surface area contributed by atoms with E-state index in [0.29, 0.717) is 50.2 Å². The molecule has 2 aromatic rings. The van der Waals surface area contributed by atoms with Gasteiger partial charge in [0, 0.05) is 43.7 Å². The van der Waals surface area contributed by atoms with Crippen molar-refractivity contribution < 1.29 is 27.1 Å². The van der Waals surface area contributed by atoms with E-state index in [1.165, 1.54) is 23.1 Å². The van der Waals surface area contributed by atoms with Crippen molar-refractivity contribution in [3.05, 3.63) is 53.5 Å². The highest BCUT2D eigenvalue weighted by Gasteiger charge is 2.40. The Kier molecular flexibility index (Phi) is 9.29. The first-order valence-electron chi connectivity index (χ1n) is 14.9. The number of carbonyl (C=O) groups excluding carboxylic acids is 1. The lowest BCUT2D eigenvalue weighted by molar-refractivity contribution is -0.139. The van der Waals surface area contributed by atoms with Crippen molar-refractivity contribution in [3.8, 4) is 12.1 Å². The summed E-state index contributed by atoms with van der Waals surface area (Å²) >= 11 is 0. The summed E-state index contributed by atoms with van der Waals surface area (Å²) in [4.78, 5) is 29.3. The summed E-state index contributed by atoms with van der Waals surface area (Å²) in [7, 11) is 4.09. The molecule has 1 aromatic carbocycles. The van der Waals surface area contributed by atoms with Crippen molar-refractivity contribution in [2.24, 2.45) is 5.92 Å². The summed E-state index contributed by atoms with van der Waals surface area (Å²) in [5.41, 5.74) is -0.265. The molecular formula is C31H37F4N7O2. The molecule has 236 valence electrons. The first-order chi connectivity index (χ1) is 21.0. The number of aromatic nitrogens is 2. The van der Waals surface area contributed by atoms with Gasteiger partial charge in [0.15, 0.2) is 0 Å². The van der Waals surface area contributed by atoms with Crippen molar-refractivity contribution >= 4 is 17.4 Å². The van der Waals surface area contributed by atoms with Gasteiger partial charge in [0.2, 0.25) is 5.91 Å². The molecule has 1 amide bonds. The zero-order valence-corrected chi connectivity index (χ0v) is 25.0. The molecule has 3 atom stereocenters. The fourth-order valence-electron chi connectivity index (χ4n) is 6.79. The molecule has 3 heterocycles. The Morgan fingerprint density at radius 3 is 2.70 bits per heavy atom. The minimum absolute atomic E-state index is 0.00797. The average molecular weight is 616 g/mol. The van der Waals surface area contributed by atoms with Crippen LogP contribution in [-0.2, 0) is 23.9 Å². The Bertz CT molecular complexity index is 1430. The highest BCUT2D eigenvalue weighted by molar-refractivity contribution is 5.87. The number of nitriles is 1. The molecule has 13 heteroatoms. The normalized spacial score (nSPS) is 22.1. The lowest BCUT2D eigenvalue weighted by Gasteiger charge is -2.42. The Balaban J connectivity index is 1.49. The number of nitrogens with zero attached hydrogens (tertiary/aromatic N) is 7. The van der Waals surface area contributed by atoms with Crippen molar-refractivity contribution in [1.82, 2.24) is 19.8 Å². The fourth-order valence-corrected chi connectivity index (χ4v) is 6.79. The maximum absolute atomic E-state index is 14.5. The number of benzene rings is 1. The molecule has 2 fully saturated rings. The first kappa shape index (κ1) is 31.5. The molecule has 0 radical (unpaired) electrons. The van der Waals surface area contributed by atoms with E-state index in [1.54, 1.807) is 4.90 Å². The van der Waals surface area contributed by atoms with Crippen LogP contribution in [0.4, 0.5) is 29.1 Å². The smallest absolute Gasteiger partial charge is 0.421 e. The van der Waals surface area contributed by atoms with Crippen LogP contribution in [0.3, 0.4) is 0 Å². The molecule has 1 aliphatic carbocycles. The molecule has 2 aliphatic heterocycles. The minimum atomic E-state index is -4.87. The number of hydrogen-bond donors (Lipinski definition) is 0. The molecule has 44 heavy (non-hydrogen) atoms. The van der Waals surface area contributed by atoms with E-state index in [4.69, 9.17) is 9.72 Å². The van der Waals surface area contributed by atoms with Gasteiger partial charge < -0.3 is 24.3 Å². The van der Waals surface area contributed by atoms with Crippen LogP contribution >= 0.6 is 0 Å². The zero-order chi connectivity index (χ0) is 31.6. The fraction of sp³-hybridized carbons (Fsp3) is 0.548. The third kappa shape index (κ3) is 6.45. The van der Waals surface area contributed by atoms with Gasteiger partial charge in [-0.3, -0.25) is 4.79 Å². The minimum Gasteiger partial charge on any atom is -0.463 e. The molecule has 3 aliphatic rings. The number of alkyl halides is 3. The third-order valence-electron chi connectivity index (χ3n) is 8.91. The van der Waals surface area contributed by atoms with Gasteiger partial charge in [0.25, 0.3) is 0 Å². The van der Waals surface area contributed by atoms with Crippen LogP contribution in [0.15, 0.2) is 30.9 Å². The lowest BCUT2D eigenvalue weighted by atomic mass is 10.0. The zero-order valence-electron chi connectivity index (χ0n) is 25.0. The van der Waals surface area contributed by atoms with Crippen molar-refractivity contribution in [3.63, 3.8) is 0 Å². The van der Waals surface area contributed by atoms with Gasteiger partial charge in [-0.1, -0.05) is 19.1 Å². The van der Waals surface area contributed by atoms with Crippen LogP contribution in [0, 0.1) is 23.1 Å². The third-order valence-corrected chi connectivity index (χ3v) is 8.91. The Morgan fingerprint density at radius 1 is 1.20 bits per heavy atom. The topological polar surface area (TPSA) is 88.8 Å². The van der Waals surface area contributed by atoms with Gasteiger partial charge in [0.05, 0.1) is 43.1 Å². The van der Waals surface area contributed by atoms with Crippen LogP contribution in [-0.4, -0.2) is 84.6 Å². The van der Waals surface area contributed by atoms with Crippen LogP contribution in [0.1, 0.15) is 42.5 Å². The van der Waals surface area contributed by atoms with Gasteiger partial charge in [-0.25, -0.2) is 4.39 Å². The first-order valence-corrected chi connectivity index (χ1v) is 14.9. The Morgan fingerprint density at radius 2 is 2.00 bits per heavy atom. The summed E-state index contributed by atoms with van der Waals surface area (Å²) in [5, 5.41) is 9.46. The van der Waals surface area contributed by atoms with Gasteiger partial charge in [-0.15, -0.1) is 0 Å². The standard InChI is InChI=1S/C31H37F4N7O2/c1-4-27(43)42-16-15-41(17-21(42)11-13-36)29-22-12-14-40(26-10-6-8-23(32)28(26)31(33,34)35)18-24(22)37-30(38-29)44-19-20-7-5-9-25(20)39(2)3/h4,6,8,10,20-21,25H,1,5,7,9,11-12,14-19H2,2-3H3. The van der Waals surface area contributed by atoms with Crippen LogP contribution in [0.2, 0.25) is 0 Å². The van der Waals surface area contributed by atoms with Gasteiger partial charge in [-0.2, -0.15) is 28.4 Å². The monoisotopic (exact) mass is 615 g/mol. The summed E-state index contributed by atoms with van der Waals surface area (Å²) in [5.74, 6) is -0.712. The van der Waals surface area contributed by atoms with E-state index in [9.17, 15) is 27.6 Å². The predicted molar refractivity (Wildman–Crippen MR) is 157 cm³/mol. The maximum atomic E-state index is 14.5. The van der Waals surface area contributed by atoms with Crippen LogP contribution in [0.25, 0.3) is 0 Å². The average Bonchev–Trinajstić information content (AvgIpc) is 3.47. The number of anilines is 2. The van der Waals surface area contributed by atoms with Crippen molar-refractivity contribution in [1.29, 1.82) is 5.26 Å². The van der Waals surface area contributed by atoms with Gasteiger partial charge >= 0.3 is 12.2 Å². The lowest BCUT2D eigenvalue weighted by Crippen LogP contribution is -2.55. The molecule has 1 aromatic heterocycles. The van der Waals surface area contributed by atoms with E-state index >= 15 is 0 Å². The highest BCUT2D eigenvalue weighted by atomic mass is 19.4. The molecule has 3 unspecified atom stereocenters. The summed E-state index contributed by atoms with van der Waals surface area (Å²) < 4.78 is 62.4. The van der Waals surface area contributed by atoms with Crippen molar-refractivity contribution in [2.75, 3.05) is 56.7 Å². The number of fused-ring (bicyclic) bond motifs is 1. The van der Waals surface area contributed by atoms with E-state index in [0.717, 1.165) is 30.9 Å². The van der Waals surface area contributed by atoms with E-state index in [1.807, 2.05) is 19.0 Å². The van der Waals surface area contributed by atoms with Crippen molar-refractivity contribution in [2.45, 2.75) is 56.9 Å². The molecule has 1 saturated carbocycles. The second-order valence-corrected chi connectivity index (χ2v) is 11.8. The Labute approximate surface area is 254 Å². The molecular weight excluding hydrogens is 578 g/mol. The maximum Gasteiger partial charge on any atom is 0.421 e. The summed E-state index contributed by atoms with van der Waals surface area (Å²) in [6.07, 6.45) is -0.0376. The van der Waals surface area contributed by atoms with Crippen LogP contribution < -0.4 is 14.5 Å². The number of ether oxygens (including phenoxy) is 1. The second kappa shape index (κ2) is 13.0. The molecule has 9 nitrogen and oxygen atoms in total. The SMILES string of the molecule is C=CC(=O)N1CCN(c2nc(OCC3CCCC3N(C)C)nc3c2CCN(c2cccc(F)c2C(F)(F)F)C3)CC1CC#N. The number of halogens is 4. The number of rotatable bonds is 8. The highest BCUT2D eigenvalue weighted by Crippen LogP contribution is 2.41. The largest absolute Gasteiger partial charge is 0.463 e. The second-order valence-electron chi connectivity index (χ2n) is 11.8. The molecule has 0 bridgehead atoms. The van der Waals surface area contributed by atoms with Gasteiger partial charge in [-0.05, 0) is 51.6 Å². The summed E-state index contributed by atoms with van der Waals surface area (Å²) in [6.45, 7) is 5.30. The number of carbonyl (C=O) groups is 1. The molecule has 1 saturated heterocycles. The predicted octanol–water partition coefficient (Wildman–Crippen LogP) is 4.42. The number of piperazine rings is 1. The van der Waals surface area contributed by atoms with Gasteiger partial charge in [0.1, 0.15) is 17.2 Å². The van der Waals surface area contributed by atoms with E-state index < -0.39 is 23.6 Å². The molecule has 0 spiro atoms. The molecule has 5 rings (SSSR count). The van der Waals surface area contributed by atoms with E-state index in [-0.39, 0.29) is 43.0 Å². The quantitative estimate of drug-likeness (QED) is 0.319. The molecule has 0 N–H and O–H groups in total.